The molecule has 1 unspecified atom stereocenters. The zero-order chi connectivity index (χ0) is 15.6. The van der Waals surface area contributed by atoms with Crippen molar-refractivity contribution in [3.63, 3.8) is 0 Å². The Balaban J connectivity index is 2.05. The van der Waals surface area contributed by atoms with E-state index in [4.69, 9.17) is 5.73 Å². The summed E-state index contributed by atoms with van der Waals surface area (Å²) in [5.74, 6) is 0. The molecule has 1 aromatic rings. The van der Waals surface area contributed by atoms with Crippen molar-refractivity contribution < 1.29 is 8.42 Å². The predicted octanol–water partition coefficient (Wildman–Crippen LogP) is 0.0393. The average Bonchev–Trinajstić information content (AvgIpc) is 2.82. The number of aryl methyl sites for hydroxylation is 1. The Morgan fingerprint density at radius 3 is 2.76 bits per heavy atom. The van der Waals surface area contributed by atoms with E-state index in [1.54, 1.807) is 6.07 Å². The lowest BCUT2D eigenvalue weighted by molar-refractivity contribution is 0.117. The molecule has 21 heavy (non-hydrogen) atoms. The number of nitrogens with zero attached hydrogens (tertiary/aromatic N) is 2. The molecule has 0 aromatic carbocycles. The molecule has 2 rings (SSSR count). The fourth-order valence-corrected chi connectivity index (χ4v) is 5.08. The topological polar surface area (TPSA) is 78.7 Å². The quantitative estimate of drug-likeness (QED) is 0.796. The summed E-state index contributed by atoms with van der Waals surface area (Å²) in [5, 5.41) is 0. The number of rotatable bonds is 5. The van der Waals surface area contributed by atoms with Crippen LogP contribution in [0, 0.1) is 6.92 Å². The van der Waals surface area contributed by atoms with Crippen LogP contribution in [0.3, 0.4) is 0 Å². The minimum Gasteiger partial charge on any atom is -0.326 e. The number of nitrogens with one attached hydrogen (secondary N) is 1. The van der Waals surface area contributed by atoms with Gasteiger partial charge in [0.15, 0.2) is 0 Å². The van der Waals surface area contributed by atoms with Gasteiger partial charge in [-0.1, -0.05) is 0 Å². The summed E-state index contributed by atoms with van der Waals surface area (Å²) in [6, 6.07) is 1.88. The summed E-state index contributed by atoms with van der Waals surface area (Å²) in [4.78, 5) is 6.47. The van der Waals surface area contributed by atoms with Crippen LogP contribution in [0.5, 0.6) is 0 Å². The molecular weight excluding hydrogens is 308 g/mol. The van der Waals surface area contributed by atoms with Gasteiger partial charge in [-0.15, -0.1) is 11.3 Å². The van der Waals surface area contributed by atoms with Crippen molar-refractivity contribution in [2.45, 2.75) is 24.4 Å². The summed E-state index contributed by atoms with van der Waals surface area (Å²) in [7, 11) is 0.636. The van der Waals surface area contributed by atoms with Gasteiger partial charge in [0.25, 0.3) is 0 Å². The van der Waals surface area contributed by atoms with E-state index in [1.807, 2.05) is 14.0 Å². The van der Waals surface area contributed by atoms with Crippen molar-refractivity contribution in [1.82, 2.24) is 14.5 Å². The molecule has 0 spiro atoms. The lowest BCUT2D eigenvalue weighted by Crippen LogP contribution is -2.54. The van der Waals surface area contributed by atoms with E-state index in [0.717, 1.165) is 29.4 Å². The Kier molecular flexibility index (Phi) is 5.39. The van der Waals surface area contributed by atoms with Gasteiger partial charge in [-0.3, -0.25) is 4.90 Å². The molecule has 1 fully saturated rings. The molecular formula is C13H24N4O2S2. The van der Waals surface area contributed by atoms with E-state index in [0.29, 0.717) is 18.0 Å². The third-order valence-corrected chi connectivity index (χ3v) is 6.65. The molecule has 1 saturated heterocycles. The standard InChI is InChI=1S/C13H24N4O2S2/c1-10-13(6-12(7-14)20-10)21(18,19)15-8-11-9-16(2)4-5-17(11)3/h6,11,15H,4-5,7-9,14H2,1-3H3. The Morgan fingerprint density at radius 1 is 1.43 bits per heavy atom. The van der Waals surface area contributed by atoms with Crippen LogP contribution in [0.25, 0.3) is 0 Å². The number of hydrogen-bond acceptors (Lipinski definition) is 6. The van der Waals surface area contributed by atoms with Crippen LogP contribution in [-0.2, 0) is 16.6 Å². The second-order valence-corrected chi connectivity index (χ2v) is 8.66. The van der Waals surface area contributed by atoms with Crippen LogP contribution in [0.1, 0.15) is 9.75 Å². The van der Waals surface area contributed by atoms with Crippen LogP contribution in [0.4, 0.5) is 0 Å². The summed E-state index contributed by atoms with van der Waals surface area (Å²) in [5.41, 5.74) is 5.58. The minimum absolute atomic E-state index is 0.200. The summed E-state index contributed by atoms with van der Waals surface area (Å²) in [6.45, 7) is 5.46. The maximum absolute atomic E-state index is 12.4. The van der Waals surface area contributed by atoms with E-state index in [2.05, 4.69) is 21.6 Å². The maximum atomic E-state index is 12.4. The molecule has 1 aliphatic heterocycles. The average molecular weight is 332 g/mol. The van der Waals surface area contributed by atoms with Crippen molar-refractivity contribution in [3.8, 4) is 0 Å². The van der Waals surface area contributed by atoms with Crippen molar-refractivity contribution in [2.75, 3.05) is 40.3 Å². The van der Waals surface area contributed by atoms with Crippen LogP contribution >= 0.6 is 11.3 Å². The van der Waals surface area contributed by atoms with E-state index < -0.39 is 10.0 Å². The molecule has 0 saturated carbocycles. The first-order valence-corrected chi connectivity index (χ1v) is 9.31. The van der Waals surface area contributed by atoms with E-state index in [-0.39, 0.29) is 6.04 Å². The first kappa shape index (κ1) is 16.9. The van der Waals surface area contributed by atoms with Gasteiger partial charge in [-0.2, -0.15) is 0 Å². The zero-order valence-corrected chi connectivity index (χ0v) is 14.4. The van der Waals surface area contributed by atoms with Gasteiger partial charge in [0.2, 0.25) is 10.0 Å². The van der Waals surface area contributed by atoms with Crippen LogP contribution in [0.15, 0.2) is 11.0 Å². The largest absolute Gasteiger partial charge is 0.326 e. The molecule has 120 valence electrons. The highest BCUT2D eigenvalue weighted by Crippen LogP contribution is 2.25. The lowest BCUT2D eigenvalue weighted by Gasteiger charge is -2.37. The fourth-order valence-electron chi connectivity index (χ4n) is 2.50. The zero-order valence-electron chi connectivity index (χ0n) is 12.8. The van der Waals surface area contributed by atoms with Gasteiger partial charge in [0, 0.05) is 48.5 Å². The van der Waals surface area contributed by atoms with Crippen LogP contribution in [-0.4, -0.2) is 64.5 Å². The molecule has 0 amide bonds. The molecule has 0 aliphatic carbocycles. The number of piperazine rings is 1. The third-order valence-electron chi connectivity index (χ3n) is 3.90. The Bertz CT molecular complexity index is 585. The molecule has 1 aromatic heterocycles. The molecule has 8 heteroatoms. The van der Waals surface area contributed by atoms with Crippen molar-refractivity contribution >= 4 is 21.4 Å². The normalized spacial score (nSPS) is 21.8. The van der Waals surface area contributed by atoms with E-state index >= 15 is 0 Å². The molecule has 2 heterocycles. The van der Waals surface area contributed by atoms with Gasteiger partial charge in [0.05, 0.1) is 4.90 Å². The predicted molar refractivity (Wildman–Crippen MR) is 86.1 cm³/mol. The first-order chi connectivity index (χ1) is 9.83. The lowest BCUT2D eigenvalue weighted by atomic mass is 10.2. The molecule has 3 N–H and O–H groups in total. The molecule has 1 aliphatic rings. The number of thiophene rings is 1. The third kappa shape index (κ3) is 4.02. The number of hydrogen-bond donors (Lipinski definition) is 2. The highest BCUT2D eigenvalue weighted by atomic mass is 32.2. The monoisotopic (exact) mass is 332 g/mol. The molecule has 0 radical (unpaired) electrons. The molecule has 0 bridgehead atoms. The van der Waals surface area contributed by atoms with Crippen molar-refractivity contribution in [1.29, 1.82) is 0 Å². The van der Waals surface area contributed by atoms with Crippen molar-refractivity contribution in [3.05, 3.63) is 15.8 Å². The van der Waals surface area contributed by atoms with Gasteiger partial charge < -0.3 is 10.6 Å². The van der Waals surface area contributed by atoms with Gasteiger partial charge >= 0.3 is 0 Å². The number of sulfonamides is 1. The summed E-state index contributed by atoms with van der Waals surface area (Å²) >= 11 is 1.44. The van der Waals surface area contributed by atoms with Crippen LogP contribution in [0.2, 0.25) is 0 Å². The molecule has 6 nitrogen and oxygen atoms in total. The Hall–Kier alpha value is -0.510. The fraction of sp³-hybridized carbons (Fsp3) is 0.692. The number of nitrogens with two attached hydrogens (primary N) is 1. The molecule has 1 atom stereocenters. The van der Waals surface area contributed by atoms with E-state index in [1.165, 1.54) is 11.3 Å². The van der Waals surface area contributed by atoms with Crippen molar-refractivity contribution in [2.24, 2.45) is 5.73 Å². The SMILES string of the molecule is Cc1sc(CN)cc1S(=O)(=O)NCC1CN(C)CCN1C. The van der Waals surface area contributed by atoms with Gasteiger partial charge in [-0.05, 0) is 27.1 Å². The van der Waals surface area contributed by atoms with Crippen LogP contribution < -0.4 is 10.5 Å². The highest BCUT2D eigenvalue weighted by molar-refractivity contribution is 7.89. The highest BCUT2D eigenvalue weighted by Gasteiger charge is 2.25. The summed E-state index contributed by atoms with van der Waals surface area (Å²) in [6.07, 6.45) is 0. The summed E-state index contributed by atoms with van der Waals surface area (Å²) < 4.78 is 27.6. The maximum Gasteiger partial charge on any atom is 0.241 e. The second-order valence-electron chi connectivity index (χ2n) is 5.59. The second kappa shape index (κ2) is 6.72. The van der Waals surface area contributed by atoms with Gasteiger partial charge in [-0.25, -0.2) is 13.1 Å². The Morgan fingerprint density at radius 2 is 2.14 bits per heavy atom. The first-order valence-electron chi connectivity index (χ1n) is 7.01. The number of likely N-dealkylation sites (N-methyl/N-ethyl adjacent to an activating group) is 2. The van der Waals surface area contributed by atoms with Gasteiger partial charge in [0.1, 0.15) is 0 Å². The smallest absolute Gasteiger partial charge is 0.241 e. The minimum atomic E-state index is -3.46. The van der Waals surface area contributed by atoms with E-state index in [9.17, 15) is 8.42 Å². The Labute approximate surface area is 131 Å².